The summed E-state index contributed by atoms with van der Waals surface area (Å²) in [6.45, 7) is 4.52. The smallest absolute Gasteiger partial charge is 0.365 e. The van der Waals surface area contributed by atoms with Gasteiger partial charge >= 0.3 is 6.18 Å². The predicted molar refractivity (Wildman–Crippen MR) is 121 cm³/mol. The molecule has 4 heterocycles. The second-order valence-corrected chi connectivity index (χ2v) is 9.12. The van der Waals surface area contributed by atoms with E-state index >= 15 is 0 Å². The largest absolute Gasteiger partial charge is 0.417 e. The molecule has 1 aliphatic heterocycles. The number of fused-ring (bicyclic) bond motifs is 2. The van der Waals surface area contributed by atoms with Crippen molar-refractivity contribution in [3.63, 3.8) is 0 Å². The number of anilines is 1. The van der Waals surface area contributed by atoms with Crippen LogP contribution in [-0.4, -0.2) is 44.4 Å². The minimum Gasteiger partial charge on any atom is -0.365 e. The molecule has 3 aromatic rings. The molecule has 1 aliphatic carbocycles. The van der Waals surface area contributed by atoms with Crippen LogP contribution >= 0.6 is 0 Å². The molecule has 5 rings (SSSR count). The molecule has 1 amide bonds. The fraction of sp³-hybridized carbons (Fsp3) is 0.360. The average Bonchev–Trinajstić information content (AvgIpc) is 3.39. The molecule has 1 N–H and O–H groups in total. The molecule has 0 spiro atoms. The Labute approximate surface area is 195 Å². The number of aromatic nitrogens is 3. The van der Waals surface area contributed by atoms with Crippen molar-refractivity contribution in [1.29, 1.82) is 0 Å². The quantitative estimate of drug-likeness (QED) is 0.592. The average molecular weight is 467 g/mol. The van der Waals surface area contributed by atoms with Gasteiger partial charge in [0.1, 0.15) is 11.5 Å². The highest BCUT2D eigenvalue weighted by atomic mass is 19.4. The van der Waals surface area contributed by atoms with E-state index in [0.29, 0.717) is 29.5 Å². The van der Waals surface area contributed by atoms with Crippen LogP contribution < -0.4 is 5.32 Å². The third-order valence-electron chi connectivity index (χ3n) is 6.66. The van der Waals surface area contributed by atoms with Crippen LogP contribution in [0.1, 0.15) is 40.0 Å². The van der Waals surface area contributed by atoms with Crippen LogP contribution in [0.2, 0.25) is 0 Å². The van der Waals surface area contributed by atoms with Gasteiger partial charge in [0.05, 0.1) is 17.3 Å². The fourth-order valence-corrected chi connectivity index (χ4v) is 5.07. The van der Waals surface area contributed by atoms with Crippen molar-refractivity contribution in [3.8, 4) is 11.3 Å². The van der Waals surface area contributed by atoms with Crippen molar-refractivity contribution < 1.29 is 18.0 Å². The molecule has 3 aromatic heterocycles. The summed E-state index contributed by atoms with van der Waals surface area (Å²) in [7, 11) is 0. The summed E-state index contributed by atoms with van der Waals surface area (Å²) in [6.07, 6.45) is 1.47. The van der Waals surface area contributed by atoms with Crippen LogP contribution in [0, 0.1) is 19.8 Å². The summed E-state index contributed by atoms with van der Waals surface area (Å²) in [5.74, 6) is 0.544. The van der Waals surface area contributed by atoms with E-state index in [9.17, 15) is 18.0 Å². The standard InChI is InChI=1S/C25H24F3N5O/c1-14-8-18(22-15(2)4-3-7-29-22)23(31-11-14)24(34)33-13-16-9-19(20(33)10-16)32-21-6-5-17(12-30-21)25(26,27)28/h3-8,11-12,16,19-20H,9-10,13H2,1-2H3,(H,30,32). The van der Waals surface area contributed by atoms with Gasteiger partial charge in [0.2, 0.25) is 0 Å². The van der Waals surface area contributed by atoms with Crippen LogP contribution in [0.3, 0.4) is 0 Å². The first-order valence-corrected chi connectivity index (χ1v) is 11.2. The number of carbonyl (C=O) groups is 1. The summed E-state index contributed by atoms with van der Waals surface area (Å²) in [5, 5.41) is 3.25. The van der Waals surface area contributed by atoms with Crippen LogP contribution in [-0.2, 0) is 6.18 Å². The maximum Gasteiger partial charge on any atom is 0.417 e. The van der Waals surface area contributed by atoms with E-state index < -0.39 is 11.7 Å². The van der Waals surface area contributed by atoms with E-state index in [1.54, 1.807) is 12.4 Å². The van der Waals surface area contributed by atoms with Crippen molar-refractivity contribution >= 4 is 11.7 Å². The molecule has 9 heteroatoms. The summed E-state index contributed by atoms with van der Waals surface area (Å²) in [4.78, 5) is 28.4. The van der Waals surface area contributed by atoms with Gasteiger partial charge in [-0.3, -0.25) is 14.8 Å². The molecule has 2 bridgehead atoms. The molecule has 3 atom stereocenters. The Kier molecular flexibility index (Phi) is 5.50. The Hall–Kier alpha value is -3.49. The van der Waals surface area contributed by atoms with E-state index in [0.717, 1.165) is 41.9 Å². The number of likely N-dealkylation sites (tertiary alicyclic amines) is 1. The van der Waals surface area contributed by atoms with E-state index in [1.807, 2.05) is 36.9 Å². The van der Waals surface area contributed by atoms with Crippen molar-refractivity contribution in [1.82, 2.24) is 19.9 Å². The molecule has 2 fully saturated rings. The van der Waals surface area contributed by atoms with Gasteiger partial charge < -0.3 is 10.2 Å². The second kappa shape index (κ2) is 8.38. The minimum absolute atomic E-state index is 0.0811. The lowest BCUT2D eigenvalue weighted by Crippen LogP contribution is -2.48. The first-order chi connectivity index (χ1) is 16.2. The fourth-order valence-electron chi connectivity index (χ4n) is 5.07. The molecule has 34 heavy (non-hydrogen) atoms. The zero-order chi connectivity index (χ0) is 24.0. The lowest BCUT2D eigenvalue weighted by molar-refractivity contribution is -0.137. The Bertz CT molecular complexity index is 1230. The zero-order valence-corrected chi connectivity index (χ0v) is 18.8. The van der Waals surface area contributed by atoms with Gasteiger partial charge in [0.15, 0.2) is 0 Å². The van der Waals surface area contributed by atoms with Gasteiger partial charge in [0, 0.05) is 36.7 Å². The number of carbonyl (C=O) groups excluding carboxylic acids is 1. The van der Waals surface area contributed by atoms with Gasteiger partial charge in [-0.25, -0.2) is 4.98 Å². The molecule has 0 radical (unpaired) electrons. The summed E-state index contributed by atoms with van der Waals surface area (Å²) in [5.41, 5.74) is 2.92. The molecule has 3 unspecified atom stereocenters. The SMILES string of the molecule is Cc1cnc(C(=O)N2CC3CC(Nc4ccc(C(F)(F)F)cn4)C2C3)c(-c2ncccc2C)c1. The topological polar surface area (TPSA) is 71.0 Å². The number of amides is 1. The van der Waals surface area contributed by atoms with Gasteiger partial charge in [-0.1, -0.05) is 6.07 Å². The minimum atomic E-state index is -4.42. The first kappa shape index (κ1) is 22.3. The first-order valence-electron chi connectivity index (χ1n) is 11.2. The number of nitrogens with zero attached hydrogens (tertiary/aromatic N) is 4. The number of piperidine rings is 1. The monoisotopic (exact) mass is 467 g/mol. The molecule has 1 saturated carbocycles. The number of aryl methyl sites for hydroxylation is 2. The van der Waals surface area contributed by atoms with Gasteiger partial charge in [-0.2, -0.15) is 13.2 Å². The summed E-state index contributed by atoms with van der Waals surface area (Å²) < 4.78 is 38.5. The lowest BCUT2D eigenvalue weighted by Gasteiger charge is -2.34. The number of halogens is 3. The third kappa shape index (κ3) is 4.10. The normalized spacial score (nSPS) is 21.7. The Morgan fingerprint density at radius 3 is 2.59 bits per heavy atom. The molecule has 0 aromatic carbocycles. The zero-order valence-electron chi connectivity index (χ0n) is 18.8. The van der Waals surface area contributed by atoms with Crippen LogP contribution in [0.5, 0.6) is 0 Å². The number of pyridine rings is 3. The molecular weight excluding hydrogens is 443 g/mol. The summed E-state index contributed by atoms with van der Waals surface area (Å²) in [6, 6.07) is 7.93. The molecule has 176 valence electrons. The Morgan fingerprint density at radius 1 is 1.09 bits per heavy atom. The van der Waals surface area contributed by atoms with Crippen molar-refractivity contribution in [2.24, 2.45) is 5.92 Å². The number of rotatable bonds is 4. The lowest BCUT2D eigenvalue weighted by atomic mass is 10.0. The Balaban J connectivity index is 1.39. The van der Waals surface area contributed by atoms with Gasteiger partial charge in [-0.05, 0) is 68.0 Å². The van der Waals surface area contributed by atoms with Gasteiger partial charge in [0.25, 0.3) is 5.91 Å². The van der Waals surface area contributed by atoms with Crippen LogP contribution in [0.25, 0.3) is 11.3 Å². The molecular formula is C25H24F3N5O. The van der Waals surface area contributed by atoms with E-state index in [2.05, 4.69) is 20.3 Å². The number of hydrogen-bond donors (Lipinski definition) is 1. The van der Waals surface area contributed by atoms with Crippen molar-refractivity contribution in [2.75, 3.05) is 11.9 Å². The van der Waals surface area contributed by atoms with Crippen molar-refractivity contribution in [2.45, 2.75) is 44.9 Å². The van der Waals surface area contributed by atoms with E-state index in [-0.39, 0.29) is 18.0 Å². The van der Waals surface area contributed by atoms with Gasteiger partial charge in [-0.15, -0.1) is 0 Å². The number of hydrogen-bond acceptors (Lipinski definition) is 5. The highest BCUT2D eigenvalue weighted by Gasteiger charge is 2.47. The highest BCUT2D eigenvalue weighted by Crippen LogP contribution is 2.40. The predicted octanol–water partition coefficient (Wildman–Crippen LogP) is 4.89. The number of nitrogens with one attached hydrogen (secondary N) is 1. The third-order valence-corrected chi connectivity index (χ3v) is 6.66. The highest BCUT2D eigenvalue weighted by molar-refractivity contribution is 5.99. The Morgan fingerprint density at radius 2 is 1.91 bits per heavy atom. The molecule has 2 aliphatic rings. The maximum atomic E-state index is 13.7. The van der Waals surface area contributed by atoms with Crippen molar-refractivity contribution in [3.05, 3.63) is 71.3 Å². The maximum absolute atomic E-state index is 13.7. The van der Waals surface area contributed by atoms with Crippen LogP contribution in [0.15, 0.2) is 48.9 Å². The second-order valence-electron chi connectivity index (χ2n) is 9.12. The van der Waals surface area contributed by atoms with E-state index in [1.165, 1.54) is 6.07 Å². The molecule has 6 nitrogen and oxygen atoms in total. The summed E-state index contributed by atoms with van der Waals surface area (Å²) >= 11 is 0. The van der Waals surface area contributed by atoms with E-state index in [4.69, 9.17) is 0 Å². The van der Waals surface area contributed by atoms with Crippen LogP contribution in [0.4, 0.5) is 19.0 Å². The number of alkyl halides is 3. The molecule has 1 saturated heterocycles.